The van der Waals surface area contributed by atoms with Crippen LogP contribution in [0.25, 0.3) is 0 Å². The number of rotatable bonds is 2. The smallest absolute Gasteiger partial charge is 0.384 e. The number of anilines is 1. The van der Waals surface area contributed by atoms with E-state index < -0.39 is 11.7 Å². The molecule has 0 aliphatic carbocycles. The van der Waals surface area contributed by atoms with Crippen molar-refractivity contribution in [3.05, 3.63) is 47.7 Å². The summed E-state index contributed by atoms with van der Waals surface area (Å²) >= 11 is 0. The average Bonchev–Trinajstić information content (AvgIpc) is 2.64. The van der Waals surface area contributed by atoms with Gasteiger partial charge in [-0.25, -0.2) is 4.68 Å². The van der Waals surface area contributed by atoms with Crippen molar-refractivity contribution in [3.63, 3.8) is 0 Å². The van der Waals surface area contributed by atoms with Crippen molar-refractivity contribution in [1.29, 1.82) is 0 Å². The van der Waals surface area contributed by atoms with Gasteiger partial charge >= 0.3 is 6.18 Å². The fourth-order valence-electron chi connectivity index (χ4n) is 1.45. The van der Waals surface area contributed by atoms with E-state index in [4.69, 9.17) is 5.73 Å². The molecular weight excluding hydrogens is 231 g/mol. The summed E-state index contributed by atoms with van der Waals surface area (Å²) in [5.41, 5.74) is 5.67. The van der Waals surface area contributed by atoms with E-state index in [1.165, 1.54) is 16.8 Å². The minimum absolute atomic E-state index is 0.358. The third-order valence-electron chi connectivity index (χ3n) is 2.36. The van der Waals surface area contributed by atoms with Gasteiger partial charge in [0.2, 0.25) is 0 Å². The normalized spacial score (nSPS) is 11.7. The van der Waals surface area contributed by atoms with E-state index >= 15 is 0 Å². The van der Waals surface area contributed by atoms with Crippen LogP contribution in [0, 0.1) is 0 Å². The van der Waals surface area contributed by atoms with E-state index in [2.05, 4.69) is 5.10 Å². The van der Waals surface area contributed by atoms with Crippen molar-refractivity contribution in [2.24, 2.45) is 0 Å². The van der Waals surface area contributed by atoms with Crippen LogP contribution >= 0.6 is 0 Å². The van der Waals surface area contributed by atoms with Gasteiger partial charge in [0.15, 0.2) is 0 Å². The number of nitrogen functional groups attached to an aromatic ring is 1. The molecule has 1 heterocycles. The van der Waals surface area contributed by atoms with E-state index in [1.807, 2.05) is 0 Å². The highest BCUT2D eigenvalue weighted by atomic mass is 19.4. The topological polar surface area (TPSA) is 43.8 Å². The highest BCUT2D eigenvalue weighted by Crippen LogP contribution is 2.29. The van der Waals surface area contributed by atoms with Crippen LogP contribution in [0.2, 0.25) is 0 Å². The first-order valence-corrected chi connectivity index (χ1v) is 4.90. The summed E-state index contributed by atoms with van der Waals surface area (Å²) in [6.07, 6.45) is -2.76. The summed E-state index contributed by atoms with van der Waals surface area (Å²) in [4.78, 5) is 0. The summed E-state index contributed by atoms with van der Waals surface area (Å²) in [5.74, 6) is 0.477. The Morgan fingerprint density at radius 1 is 1.12 bits per heavy atom. The van der Waals surface area contributed by atoms with Crippen molar-refractivity contribution in [2.45, 2.75) is 12.7 Å². The number of halogens is 3. The molecule has 0 radical (unpaired) electrons. The van der Waals surface area contributed by atoms with Crippen molar-refractivity contribution < 1.29 is 13.2 Å². The zero-order valence-electron chi connectivity index (χ0n) is 8.78. The lowest BCUT2D eigenvalue weighted by Gasteiger charge is -2.08. The predicted molar refractivity (Wildman–Crippen MR) is 57.2 cm³/mol. The second-order valence-corrected chi connectivity index (χ2v) is 3.61. The molecular formula is C11H10F3N3. The first kappa shape index (κ1) is 11.5. The molecule has 6 heteroatoms. The zero-order valence-corrected chi connectivity index (χ0v) is 8.78. The van der Waals surface area contributed by atoms with Gasteiger partial charge in [0, 0.05) is 0 Å². The Hall–Kier alpha value is -1.98. The van der Waals surface area contributed by atoms with Crippen LogP contribution in [0.15, 0.2) is 36.5 Å². The second-order valence-electron chi connectivity index (χ2n) is 3.61. The minimum atomic E-state index is -4.30. The highest BCUT2D eigenvalue weighted by Gasteiger charge is 2.29. The van der Waals surface area contributed by atoms with Crippen molar-refractivity contribution in [2.75, 3.05) is 5.73 Å². The number of nitrogens with zero attached hydrogens (tertiary/aromatic N) is 2. The van der Waals surface area contributed by atoms with Gasteiger partial charge in [-0.05, 0) is 23.8 Å². The number of alkyl halides is 3. The summed E-state index contributed by atoms with van der Waals surface area (Å²) in [6, 6.07) is 6.57. The molecule has 1 aromatic heterocycles. The van der Waals surface area contributed by atoms with Gasteiger partial charge < -0.3 is 5.73 Å². The molecule has 90 valence electrons. The monoisotopic (exact) mass is 241 g/mol. The molecule has 17 heavy (non-hydrogen) atoms. The highest BCUT2D eigenvalue weighted by molar-refractivity contribution is 5.29. The van der Waals surface area contributed by atoms with Crippen molar-refractivity contribution in [3.8, 4) is 0 Å². The fourth-order valence-corrected chi connectivity index (χ4v) is 1.45. The minimum Gasteiger partial charge on any atom is -0.384 e. The van der Waals surface area contributed by atoms with Crippen LogP contribution in [0.5, 0.6) is 0 Å². The molecule has 0 unspecified atom stereocenters. The van der Waals surface area contributed by atoms with E-state index in [9.17, 15) is 13.2 Å². The summed E-state index contributed by atoms with van der Waals surface area (Å²) in [7, 11) is 0. The summed E-state index contributed by atoms with van der Waals surface area (Å²) in [5, 5.41) is 3.95. The Morgan fingerprint density at radius 3 is 2.24 bits per heavy atom. The van der Waals surface area contributed by atoms with E-state index in [0.29, 0.717) is 17.9 Å². The molecule has 0 fully saturated rings. The summed E-state index contributed by atoms with van der Waals surface area (Å²) < 4.78 is 38.5. The third-order valence-corrected chi connectivity index (χ3v) is 2.36. The maximum atomic E-state index is 12.3. The van der Waals surface area contributed by atoms with Gasteiger partial charge in [-0.1, -0.05) is 12.1 Å². The second kappa shape index (κ2) is 4.12. The Labute approximate surface area is 95.7 Å². The number of hydrogen-bond acceptors (Lipinski definition) is 2. The van der Waals surface area contributed by atoms with Crippen LogP contribution < -0.4 is 5.73 Å². The van der Waals surface area contributed by atoms with Crippen LogP contribution in [0.3, 0.4) is 0 Å². The molecule has 0 saturated carbocycles. The Balaban J connectivity index is 2.17. The molecule has 0 aliphatic rings. The van der Waals surface area contributed by atoms with Gasteiger partial charge in [-0.3, -0.25) is 0 Å². The lowest BCUT2D eigenvalue weighted by Crippen LogP contribution is -2.07. The number of nitrogens with two attached hydrogens (primary N) is 1. The molecule has 2 N–H and O–H groups in total. The Morgan fingerprint density at radius 2 is 1.76 bits per heavy atom. The molecule has 0 bridgehead atoms. The Bertz CT molecular complexity index is 499. The van der Waals surface area contributed by atoms with Gasteiger partial charge in [-0.2, -0.15) is 18.3 Å². The van der Waals surface area contributed by atoms with Gasteiger partial charge in [0.25, 0.3) is 0 Å². The average molecular weight is 241 g/mol. The zero-order chi connectivity index (χ0) is 12.5. The molecule has 0 aliphatic heterocycles. The van der Waals surface area contributed by atoms with E-state index in [-0.39, 0.29) is 0 Å². The number of hydrogen-bond donors (Lipinski definition) is 1. The maximum Gasteiger partial charge on any atom is 0.416 e. The largest absolute Gasteiger partial charge is 0.416 e. The third kappa shape index (κ3) is 2.58. The van der Waals surface area contributed by atoms with Gasteiger partial charge in [0.05, 0.1) is 18.3 Å². The van der Waals surface area contributed by atoms with E-state index in [1.54, 1.807) is 12.3 Å². The van der Waals surface area contributed by atoms with Crippen LogP contribution in [0.1, 0.15) is 11.1 Å². The first-order valence-electron chi connectivity index (χ1n) is 4.90. The maximum absolute atomic E-state index is 12.3. The van der Waals surface area contributed by atoms with Crippen LogP contribution in [-0.2, 0) is 12.7 Å². The van der Waals surface area contributed by atoms with Crippen molar-refractivity contribution >= 4 is 5.82 Å². The number of aromatic nitrogens is 2. The molecule has 1 aromatic carbocycles. The van der Waals surface area contributed by atoms with E-state index in [0.717, 1.165) is 12.1 Å². The molecule has 2 rings (SSSR count). The predicted octanol–water partition coefficient (Wildman–Crippen LogP) is 2.53. The first-order chi connectivity index (χ1) is 7.97. The number of benzene rings is 1. The quantitative estimate of drug-likeness (QED) is 0.878. The standard InChI is InChI=1S/C11H10F3N3/c12-11(13,14)9-3-1-8(2-4-9)7-17-10(15)5-6-16-17/h1-6H,7,15H2. The fraction of sp³-hybridized carbons (Fsp3) is 0.182. The molecule has 0 saturated heterocycles. The lowest BCUT2D eigenvalue weighted by atomic mass is 10.1. The SMILES string of the molecule is Nc1ccnn1Cc1ccc(C(F)(F)F)cc1. The molecule has 3 nitrogen and oxygen atoms in total. The summed E-state index contributed by atoms with van der Waals surface area (Å²) in [6.45, 7) is 0.358. The van der Waals surface area contributed by atoms with Crippen LogP contribution in [0.4, 0.5) is 19.0 Å². The van der Waals surface area contributed by atoms with Crippen LogP contribution in [-0.4, -0.2) is 9.78 Å². The molecule has 0 amide bonds. The Kier molecular flexibility index (Phi) is 2.79. The van der Waals surface area contributed by atoms with Gasteiger partial charge in [0.1, 0.15) is 5.82 Å². The lowest BCUT2D eigenvalue weighted by molar-refractivity contribution is -0.137. The van der Waals surface area contributed by atoms with Gasteiger partial charge in [-0.15, -0.1) is 0 Å². The molecule has 2 aromatic rings. The molecule has 0 atom stereocenters. The molecule has 0 spiro atoms. The van der Waals surface area contributed by atoms with Crippen molar-refractivity contribution in [1.82, 2.24) is 9.78 Å².